The van der Waals surface area contributed by atoms with Crippen molar-refractivity contribution < 1.29 is 14.3 Å². The van der Waals surface area contributed by atoms with Crippen LogP contribution in [-0.4, -0.2) is 25.8 Å². The van der Waals surface area contributed by atoms with E-state index in [2.05, 4.69) is 31.6 Å². The van der Waals surface area contributed by atoms with Crippen LogP contribution in [0.25, 0.3) is 0 Å². The van der Waals surface area contributed by atoms with Crippen molar-refractivity contribution in [2.24, 2.45) is 40.4 Å². The quantitative estimate of drug-likeness (QED) is 0.521. The molecule has 0 aromatic heterocycles. The minimum Gasteiger partial charge on any atom is -0.388 e. The Balaban J connectivity index is 0.000000590. The van der Waals surface area contributed by atoms with E-state index in [1.807, 2.05) is 26.8 Å². The number of carbonyl (C=O) groups is 2. The monoisotopic (exact) mass is 416 g/mol. The summed E-state index contributed by atoms with van der Waals surface area (Å²) in [5.74, 6) is 3.50. The number of allylic oxidation sites excluding steroid dienone is 4. The normalized spacial score (nSPS) is 41.1. The zero-order valence-corrected chi connectivity index (χ0v) is 20.6. The van der Waals surface area contributed by atoms with Gasteiger partial charge in [-0.25, -0.2) is 0 Å². The van der Waals surface area contributed by atoms with Crippen LogP contribution < -0.4 is 0 Å². The van der Waals surface area contributed by atoms with Gasteiger partial charge in [0.1, 0.15) is 5.78 Å². The first-order valence-electron chi connectivity index (χ1n) is 12.1. The highest BCUT2D eigenvalue weighted by Gasteiger charge is 2.61. The second-order valence-electron chi connectivity index (χ2n) is 10.0. The van der Waals surface area contributed by atoms with Crippen molar-refractivity contribution in [3.8, 4) is 0 Å². The van der Waals surface area contributed by atoms with E-state index in [1.165, 1.54) is 31.3 Å². The lowest BCUT2D eigenvalue weighted by Crippen LogP contribution is -2.54. The third-order valence-corrected chi connectivity index (χ3v) is 8.65. The number of hydrogen-bond acceptors (Lipinski definition) is 3. The fraction of sp³-hybridized carbons (Fsp3) is 0.778. The highest BCUT2D eigenvalue weighted by molar-refractivity contribution is 6.01. The second-order valence-corrected chi connectivity index (χ2v) is 10.0. The molecule has 7 unspecified atom stereocenters. The molecule has 4 aliphatic rings. The number of carbonyl (C=O) groups excluding carboxylic acids is 2. The van der Waals surface area contributed by atoms with E-state index in [4.69, 9.17) is 0 Å². The highest BCUT2D eigenvalue weighted by Crippen LogP contribution is 2.68. The Hall–Kier alpha value is -1.22. The Labute approximate surface area is 184 Å². The minimum absolute atomic E-state index is 0.0488. The van der Waals surface area contributed by atoms with Crippen molar-refractivity contribution in [1.29, 1.82) is 0 Å². The smallest absolute Gasteiger partial charge is 0.178 e. The van der Waals surface area contributed by atoms with Crippen LogP contribution in [0.15, 0.2) is 23.8 Å². The van der Waals surface area contributed by atoms with Gasteiger partial charge >= 0.3 is 0 Å². The number of ether oxygens (including phenoxy) is 1. The van der Waals surface area contributed by atoms with Gasteiger partial charge in [0.2, 0.25) is 0 Å². The maximum atomic E-state index is 12.3. The van der Waals surface area contributed by atoms with Crippen LogP contribution >= 0.6 is 0 Å². The van der Waals surface area contributed by atoms with Crippen molar-refractivity contribution in [3.63, 3.8) is 0 Å². The highest BCUT2D eigenvalue weighted by atomic mass is 16.4. The molecule has 30 heavy (non-hydrogen) atoms. The topological polar surface area (TPSA) is 43.4 Å². The van der Waals surface area contributed by atoms with Crippen LogP contribution in [0.2, 0.25) is 0 Å². The van der Waals surface area contributed by atoms with E-state index in [-0.39, 0.29) is 22.5 Å². The molecule has 0 bridgehead atoms. The molecule has 0 aromatic carbocycles. The van der Waals surface area contributed by atoms with Crippen LogP contribution in [-0.2, 0) is 14.3 Å². The maximum absolute atomic E-state index is 12.3. The molecule has 3 heteroatoms. The predicted molar refractivity (Wildman–Crippen MR) is 124 cm³/mol. The lowest BCUT2D eigenvalue weighted by atomic mass is 9.44. The predicted octanol–water partition coefficient (Wildman–Crippen LogP) is 6.42. The van der Waals surface area contributed by atoms with Gasteiger partial charge in [-0.3, -0.25) is 9.59 Å². The van der Waals surface area contributed by atoms with Crippen molar-refractivity contribution in [2.75, 3.05) is 14.2 Å². The maximum Gasteiger partial charge on any atom is 0.178 e. The molecule has 0 amide bonds. The van der Waals surface area contributed by atoms with Crippen LogP contribution in [0.4, 0.5) is 0 Å². The number of hydrogen-bond donors (Lipinski definition) is 0. The summed E-state index contributed by atoms with van der Waals surface area (Å²) in [7, 11) is 3.25. The number of fused-ring (bicyclic) bond motifs is 5. The molecule has 0 heterocycles. The summed E-state index contributed by atoms with van der Waals surface area (Å²) in [5, 5.41) is 0. The van der Waals surface area contributed by atoms with Gasteiger partial charge in [0.25, 0.3) is 0 Å². The van der Waals surface area contributed by atoms with Gasteiger partial charge in [0.15, 0.2) is 5.78 Å². The largest absolute Gasteiger partial charge is 0.388 e. The van der Waals surface area contributed by atoms with Gasteiger partial charge in [0.05, 0.1) is 0 Å². The molecule has 3 nitrogen and oxygen atoms in total. The van der Waals surface area contributed by atoms with Crippen molar-refractivity contribution in [2.45, 2.75) is 80.1 Å². The fourth-order valence-corrected chi connectivity index (χ4v) is 7.66. The average molecular weight is 417 g/mol. The molecular formula is C27H44O3. The lowest BCUT2D eigenvalue weighted by molar-refractivity contribution is -0.130. The van der Waals surface area contributed by atoms with Gasteiger partial charge < -0.3 is 4.74 Å². The molecule has 0 radical (unpaired) electrons. The van der Waals surface area contributed by atoms with Gasteiger partial charge in [-0.05, 0) is 80.3 Å². The van der Waals surface area contributed by atoms with Crippen molar-refractivity contribution in [1.82, 2.24) is 0 Å². The minimum atomic E-state index is 0.0488. The second kappa shape index (κ2) is 9.94. The zero-order chi connectivity index (χ0) is 22.7. The number of Topliss-reactive ketones (excluding diaryl/α,β-unsaturated/α-hetero) is 1. The molecule has 3 saturated carbocycles. The molecule has 0 spiro atoms. The number of rotatable bonds is 2. The standard InChI is InChI=1S/C23H32O2.C2H6O.C2H6/c1-5-15-13-23(4)19(14(2)24)8-9-20(23)18-7-6-16-12-17(25)10-11-22(16,3)21(15)18;1-3-2;1-2/h10-12,15,18-21H,5-9,13H2,1-4H3;1-2H3;1-2H3. The first-order chi connectivity index (χ1) is 14.2. The van der Waals surface area contributed by atoms with Gasteiger partial charge in [0, 0.05) is 25.6 Å². The SMILES string of the molecule is CC.CCC1CC2(C)C(C(C)=O)CCC2C2CCC3=CC(=O)C=CC3(C)C12.COC. The van der Waals surface area contributed by atoms with Gasteiger partial charge in [-0.2, -0.15) is 0 Å². The van der Waals surface area contributed by atoms with Crippen LogP contribution in [0, 0.1) is 40.4 Å². The average Bonchev–Trinajstić information content (AvgIpc) is 3.07. The summed E-state index contributed by atoms with van der Waals surface area (Å²) in [6.07, 6.45) is 12.9. The third-order valence-electron chi connectivity index (χ3n) is 8.65. The molecular weight excluding hydrogens is 372 g/mol. The Morgan fingerprint density at radius 2 is 1.80 bits per heavy atom. The zero-order valence-electron chi connectivity index (χ0n) is 20.6. The first-order valence-corrected chi connectivity index (χ1v) is 12.1. The van der Waals surface area contributed by atoms with Crippen molar-refractivity contribution >= 4 is 11.6 Å². The summed E-state index contributed by atoms with van der Waals surface area (Å²) in [4.78, 5) is 24.3. The summed E-state index contributed by atoms with van der Waals surface area (Å²) < 4.78 is 4.25. The van der Waals surface area contributed by atoms with Crippen LogP contribution in [0.5, 0.6) is 0 Å². The molecule has 4 aliphatic carbocycles. The molecule has 170 valence electrons. The van der Waals surface area contributed by atoms with Gasteiger partial charge in [-0.1, -0.05) is 52.7 Å². The first kappa shape index (κ1) is 25.0. The van der Waals surface area contributed by atoms with Crippen molar-refractivity contribution in [3.05, 3.63) is 23.8 Å². The van der Waals surface area contributed by atoms with E-state index >= 15 is 0 Å². The molecule has 3 fully saturated rings. The molecule has 4 rings (SSSR count). The molecule has 0 aliphatic heterocycles. The molecule has 0 saturated heterocycles. The summed E-state index contributed by atoms with van der Waals surface area (Å²) in [6.45, 7) is 12.9. The van der Waals surface area contributed by atoms with Gasteiger partial charge in [-0.15, -0.1) is 0 Å². The Morgan fingerprint density at radius 1 is 1.17 bits per heavy atom. The van der Waals surface area contributed by atoms with E-state index < -0.39 is 0 Å². The number of methoxy groups -OCH3 is 1. The Morgan fingerprint density at radius 3 is 2.37 bits per heavy atom. The number of ketones is 2. The van der Waals surface area contributed by atoms with E-state index in [0.717, 1.165) is 12.8 Å². The summed E-state index contributed by atoms with van der Waals surface area (Å²) in [6, 6.07) is 0. The summed E-state index contributed by atoms with van der Waals surface area (Å²) >= 11 is 0. The summed E-state index contributed by atoms with van der Waals surface area (Å²) in [5.41, 5.74) is 1.61. The third kappa shape index (κ3) is 4.11. The Kier molecular flexibility index (Phi) is 8.29. The molecule has 0 aromatic rings. The Bertz CT molecular complexity index is 690. The van der Waals surface area contributed by atoms with E-state index in [9.17, 15) is 9.59 Å². The van der Waals surface area contributed by atoms with Crippen LogP contribution in [0.3, 0.4) is 0 Å². The van der Waals surface area contributed by atoms with E-state index in [0.29, 0.717) is 29.5 Å². The molecule has 7 atom stereocenters. The molecule has 0 N–H and O–H groups in total. The lowest BCUT2D eigenvalue weighted by Gasteiger charge is -2.60. The van der Waals surface area contributed by atoms with E-state index in [1.54, 1.807) is 20.3 Å². The fourth-order valence-electron chi connectivity index (χ4n) is 7.66. The van der Waals surface area contributed by atoms with Crippen LogP contribution in [0.1, 0.15) is 80.1 Å².